The lowest BCUT2D eigenvalue weighted by Gasteiger charge is -2.30. The average molecular weight is 861 g/mol. The van der Waals surface area contributed by atoms with Gasteiger partial charge < -0.3 is 34.4 Å². The number of aryl methyl sites for hydroxylation is 6. The van der Waals surface area contributed by atoms with Gasteiger partial charge in [0, 0.05) is 44.5 Å². The van der Waals surface area contributed by atoms with Gasteiger partial charge in [0.25, 0.3) is 0 Å². The van der Waals surface area contributed by atoms with Gasteiger partial charge >= 0.3 is 11.3 Å². The van der Waals surface area contributed by atoms with Crippen LogP contribution in [0.25, 0.3) is 67.5 Å². The number of aromatic hydroxyl groups is 4. The fourth-order valence-electron chi connectivity index (χ4n) is 9.88. The highest BCUT2D eigenvalue weighted by molar-refractivity contribution is 6.38. The molecule has 0 bridgehead atoms. The van der Waals surface area contributed by atoms with Crippen LogP contribution in [-0.2, 0) is 9.59 Å². The van der Waals surface area contributed by atoms with Crippen molar-refractivity contribution in [3.8, 4) is 34.1 Å². The third-order valence-corrected chi connectivity index (χ3v) is 12.5. The van der Waals surface area contributed by atoms with Gasteiger partial charge in [0.2, 0.25) is 5.78 Å². The lowest BCUT2D eigenvalue weighted by molar-refractivity contribution is -0.113. The van der Waals surface area contributed by atoms with Crippen LogP contribution in [0.5, 0.6) is 23.0 Å². The summed E-state index contributed by atoms with van der Waals surface area (Å²) < 4.78 is 11.3. The summed E-state index contributed by atoms with van der Waals surface area (Å²) in [5.74, 6) is -4.44. The number of fused-ring (bicyclic) bond motifs is 4. The quantitative estimate of drug-likeness (QED) is 0.0817. The van der Waals surface area contributed by atoms with Crippen LogP contribution in [0.2, 0.25) is 0 Å². The smallest absolute Gasteiger partial charge is 0.347 e. The average Bonchev–Trinajstić information content (AvgIpc) is 3.18. The summed E-state index contributed by atoms with van der Waals surface area (Å²) >= 11 is 0. The molecule has 0 saturated heterocycles. The molecule has 0 unspecified atom stereocenters. The number of Topliss-reactive ketones (excluding diaryl/α,β-unsaturated/α-hetero) is 2. The Kier molecular flexibility index (Phi) is 10.2. The number of allylic oxidation sites excluding steroid dienone is 5. The van der Waals surface area contributed by atoms with E-state index in [1.54, 1.807) is 78.8 Å². The second-order valence-corrected chi connectivity index (χ2v) is 17.8. The van der Waals surface area contributed by atoms with E-state index in [0.717, 1.165) is 17.2 Å². The molecule has 2 aliphatic rings. The number of phenols is 2. The third kappa shape index (κ3) is 6.40. The van der Waals surface area contributed by atoms with E-state index in [0.29, 0.717) is 44.3 Å². The summed E-state index contributed by atoms with van der Waals surface area (Å²) in [5.41, 5.74) is 3.25. The van der Waals surface area contributed by atoms with Crippen molar-refractivity contribution in [1.29, 1.82) is 0 Å². The standard InChI is InChI=1S/C53H48O11/c1-20(2)37-28(11)45(54)31(18-33-46(55)39-24(7)12-22(5)14-35(39)63-52(33)61)43-29(37)16-26(9)41(49(43)58)42-27(10)17-30-38(21(3)4)51(60)48(57)32(44(30)50(42)59)19-34-47(56)40-25(8)13-23(6)15-36(40)64-53(34)62/h12-21,55-56,58-60H,1-11H3/b31-18-,32-19-. The number of carbonyl (C=O) groups excluding carboxylic acids is 2. The third-order valence-electron chi connectivity index (χ3n) is 12.5. The first-order valence-electron chi connectivity index (χ1n) is 21.0. The number of aliphatic hydroxyl groups is 1. The van der Waals surface area contributed by atoms with Crippen LogP contribution in [0.15, 0.2) is 66.2 Å². The minimum absolute atomic E-state index is 0.0486. The van der Waals surface area contributed by atoms with E-state index in [-0.39, 0.29) is 78.1 Å². The largest absolute Gasteiger partial charge is 0.507 e. The van der Waals surface area contributed by atoms with E-state index in [9.17, 15) is 44.7 Å². The van der Waals surface area contributed by atoms with Crippen LogP contribution < -0.4 is 11.3 Å². The fourth-order valence-corrected chi connectivity index (χ4v) is 9.88. The molecule has 0 aliphatic heterocycles. The molecule has 326 valence electrons. The lowest BCUT2D eigenvalue weighted by Crippen LogP contribution is -2.19. The van der Waals surface area contributed by atoms with E-state index in [1.165, 1.54) is 6.08 Å². The topological polar surface area (TPSA) is 196 Å². The molecule has 0 atom stereocenters. The Morgan fingerprint density at radius 1 is 0.469 bits per heavy atom. The first kappa shape index (κ1) is 43.3. The van der Waals surface area contributed by atoms with Crippen molar-refractivity contribution in [3.05, 3.63) is 135 Å². The summed E-state index contributed by atoms with van der Waals surface area (Å²) in [5, 5.41) is 60.6. The highest BCUT2D eigenvalue weighted by Crippen LogP contribution is 2.54. The van der Waals surface area contributed by atoms with Crippen LogP contribution in [0.4, 0.5) is 0 Å². The number of carbonyl (C=O) groups is 2. The van der Waals surface area contributed by atoms with E-state index in [4.69, 9.17) is 8.83 Å². The van der Waals surface area contributed by atoms with Gasteiger partial charge in [-0.15, -0.1) is 0 Å². The van der Waals surface area contributed by atoms with Crippen LogP contribution in [0.3, 0.4) is 0 Å². The molecule has 0 amide bonds. The predicted molar refractivity (Wildman–Crippen MR) is 250 cm³/mol. The summed E-state index contributed by atoms with van der Waals surface area (Å²) in [4.78, 5) is 56.0. The Bertz CT molecular complexity index is 3190. The fraction of sp³-hybridized carbons (Fsp3) is 0.245. The van der Waals surface area contributed by atoms with Crippen molar-refractivity contribution in [3.63, 3.8) is 0 Å². The van der Waals surface area contributed by atoms with Gasteiger partial charge in [0.05, 0.1) is 10.8 Å². The maximum Gasteiger partial charge on any atom is 0.347 e. The van der Waals surface area contributed by atoms with E-state index in [2.05, 4.69) is 0 Å². The van der Waals surface area contributed by atoms with Crippen molar-refractivity contribution in [2.24, 2.45) is 11.8 Å². The minimum Gasteiger partial charge on any atom is -0.507 e. The Morgan fingerprint density at radius 3 is 1.27 bits per heavy atom. The maximum absolute atomic E-state index is 14.5. The van der Waals surface area contributed by atoms with Gasteiger partial charge in [-0.3, -0.25) is 9.59 Å². The number of hydrogen-bond acceptors (Lipinski definition) is 11. The molecule has 6 aromatic rings. The number of benzene rings is 4. The molecule has 0 fully saturated rings. The predicted octanol–water partition coefficient (Wildman–Crippen LogP) is 10.8. The van der Waals surface area contributed by atoms with Gasteiger partial charge in [-0.1, -0.05) is 52.0 Å². The number of aliphatic hydroxyl groups excluding tert-OH is 1. The van der Waals surface area contributed by atoms with Crippen molar-refractivity contribution >= 4 is 67.9 Å². The van der Waals surface area contributed by atoms with Crippen molar-refractivity contribution in [2.45, 2.75) is 76.2 Å². The molecule has 5 N–H and O–H groups in total. The van der Waals surface area contributed by atoms with Crippen molar-refractivity contribution in [2.75, 3.05) is 0 Å². The molecule has 64 heavy (non-hydrogen) atoms. The summed E-state index contributed by atoms with van der Waals surface area (Å²) in [6, 6.07) is 10.3. The zero-order valence-electron chi connectivity index (χ0n) is 37.5. The van der Waals surface area contributed by atoms with E-state index >= 15 is 0 Å². The molecule has 4 aromatic carbocycles. The Morgan fingerprint density at radius 2 is 0.859 bits per heavy atom. The van der Waals surface area contributed by atoms with Crippen molar-refractivity contribution < 1.29 is 44.0 Å². The summed E-state index contributed by atoms with van der Waals surface area (Å²) in [6.07, 6.45) is 2.33. The number of ketones is 2. The first-order valence-corrected chi connectivity index (χ1v) is 21.0. The van der Waals surface area contributed by atoms with E-state index in [1.807, 2.05) is 33.8 Å². The lowest BCUT2D eigenvalue weighted by atomic mass is 9.73. The van der Waals surface area contributed by atoms with Gasteiger partial charge in [-0.25, -0.2) is 9.59 Å². The molecular formula is C53H48O11. The molecule has 2 aromatic heterocycles. The molecule has 0 radical (unpaired) electrons. The number of rotatable bonds is 5. The molecule has 0 saturated carbocycles. The van der Waals surface area contributed by atoms with E-state index < -0.39 is 57.5 Å². The summed E-state index contributed by atoms with van der Waals surface area (Å²) in [6.45, 7) is 19.6. The minimum atomic E-state index is -0.963. The SMILES string of the molecule is CC1=C(C(C)C)c2cc(C)c(-c3c(C)cc4c(c3O)/C(=C/c3c(O)c5c(C)cc(C)cc5oc3=O)C(=O)C(O)=C4C(C)C)c(O)c2/C(=C/c2c(O)c3c(C)cc(C)cc3oc2=O)C1=O. The van der Waals surface area contributed by atoms with Crippen molar-refractivity contribution in [1.82, 2.24) is 0 Å². The Balaban J connectivity index is 1.45. The highest BCUT2D eigenvalue weighted by Gasteiger charge is 2.38. The normalized spacial score (nSPS) is 15.5. The van der Waals surface area contributed by atoms with Crippen LogP contribution in [0, 0.1) is 53.4 Å². The second-order valence-electron chi connectivity index (χ2n) is 17.8. The van der Waals surface area contributed by atoms with Gasteiger partial charge in [0.1, 0.15) is 45.3 Å². The van der Waals surface area contributed by atoms with Gasteiger partial charge in [-0.05, 0) is 135 Å². The van der Waals surface area contributed by atoms with Crippen LogP contribution in [0.1, 0.15) is 101 Å². The highest BCUT2D eigenvalue weighted by atomic mass is 16.4. The monoisotopic (exact) mass is 860 g/mol. The second kappa shape index (κ2) is 15.1. The molecule has 0 spiro atoms. The zero-order valence-corrected chi connectivity index (χ0v) is 37.5. The number of hydrogen-bond donors (Lipinski definition) is 5. The summed E-state index contributed by atoms with van der Waals surface area (Å²) in [7, 11) is 0. The first-order chi connectivity index (χ1) is 30.0. The van der Waals surface area contributed by atoms with Gasteiger partial charge in [-0.2, -0.15) is 0 Å². The Hall–Kier alpha value is -7.40. The maximum atomic E-state index is 14.5. The molecule has 2 heterocycles. The molecule has 11 nitrogen and oxygen atoms in total. The van der Waals surface area contributed by atoms with Crippen LogP contribution in [-0.4, -0.2) is 37.1 Å². The molecule has 11 heteroatoms. The molecular weight excluding hydrogens is 813 g/mol. The Labute approximate surface area is 368 Å². The molecule has 8 rings (SSSR count). The van der Waals surface area contributed by atoms with Gasteiger partial charge in [0.15, 0.2) is 11.5 Å². The molecule has 2 aliphatic carbocycles. The zero-order chi connectivity index (χ0) is 46.7. The number of phenolic OH excluding ortho intramolecular Hbond substituents is 2. The van der Waals surface area contributed by atoms with Crippen LogP contribution >= 0.6 is 0 Å².